The molecule has 14 rings (SSSR count). The lowest BCUT2D eigenvalue weighted by atomic mass is 9.99. The van der Waals surface area contributed by atoms with Crippen molar-refractivity contribution in [1.29, 1.82) is 0 Å². The number of aromatic nitrogens is 10. The van der Waals surface area contributed by atoms with Gasteiger partial charge >= 0.3 is 24.3 Å². The highest BCUT2D eigenvalue weighted by molar-refractivity contribution is 7.89. The van der Waals surface area contributed by atoms with Gasteiger partial charge in [-0.05, 0) is 133 Å². The Labute approximate surface area is 500 Å². The molecule has 6 heterocycles. The number of carboxylic acids is 2. The number of aryl methyl sites for hydroxylation is 2. The van der Waals surface area contributed by atoms with Crippen LogP contribution < -0.4 is 0 Å². The lowest BCUT2D eigenvalue weighted by Crippen LogP contribution is -2.36. The second kappa shape index (κ2) is 21.3. The average molecular weight is 1250 g/mol. The Kier molecular flexibility index (Phi) is 14.3. The first-order valence-electron chi connectivity index (χ1n) is 28.7. The zero-order valence-electron chi connectivity index (χ0n) is 47.7. The van der Waals surface area contributed by atoms with Crippen LogP contribution >= 0.6 is 0 Å². The molecule has 8 aromatic rings. The highest BCUT2D eigenvalue weighted by Crippen LogP contribution is 2.57. The van der Waals surface area contributed by atoms with Gasteiger partial charge in [0.1, 0.15) is 11.1 Å². The minimum Gasteiger partial charge on any atom is -0.478 e. The van der Waals surface area contributed by atoms with E-state index < -0.39 is 67.5 Å². The maximum atomic E-state index is 14.1. The number of sulfonamides is 2. The largest absolute Gasteiger partial charge is 0.478 e. The summed E-state index contributed by atoms with van der Waals surface area (Å²) < 4.78 is 147. The minimum absolute atomic E-state index is 0.00727. The molecule has 28 heteroatoms. The van der Waals surface area contributed by atoms with E-state index in [0.717, 1.165) is 57.9 Å². The van der Waals surface area contributed by atoms with Crippen molar-refractivity contribution in [3.63, 3.8) is 0 Å². The summed E-state index contributed by atoms with van der Waals surface area (Å²) in [5.74, 6) is -2.73. The van der Waals surface area contributed by atoms with Gasteiger partial charge in [-0.15, -0.1) is 10.2 Å². The number of carbonyl (C=O) groups is 2. The molecule has 0 amide bonds. The number of carboxylic acid groups (broad SMARTS) is 2. The van der Waals surface area contributed by atoms with E-state index in [2.05, 4.69) is 30.8 Å². The van der Waals surface area contributed by atoms with E-state index in [1.807, 2.05) is 50.5 Å². The predicted octanol–water partition coefficient (Wildman–Crippen LogP) is 9.72. The van der Waals surface area contributed by atoms with Crippen LogP contribution in [0.3, 0.4) is 0 Å². The normalized spacial score (nSPS) is 24.5. The fourth-order valence-electron chi connectivity index (χ4n) is 13.9. The van der Waals surface area contributed by atoms with Crippen molar-refractivity contribution in [3.05, 3.63) is 176 Å². The van der Waals surface area contributed by atoms with E-state index in [4.69, 9.17) is 0 Å². The standard InChI is InChI=1S/2C30H29F3N6O4S/c2*1-16-10-17-6-7-18(30(31,32)33)11-27(17)44(42,43)38(14-16)25-9-8-20-19(25)4-3-5-26(20)39-28(23(13-34-39)29(40)41)22-12-21(22)24-15-37(2)36-35-24/h2*3-7,11,13,15-16,21-22,25H,8-10,12,14H2,1-2H3,(H,40,41)/t16-,21+,22+,25+;16-,21+,22+,25-/m00/s1. The topological polar surface area (TPSA) is 246 Å². The second-order valence-electron chi connectivity index (χ2n) is 24.1. The molecule has 6 aliphatic rings. The van der Waals surface area contributed by atoms with E-state index in [1.54, 1.807) is 45.0 Å². The molecule has 4 aromatic heterocycles. The molecule has 4 aliphatic carbocycles. The van der Waals surface area contributed by atoms with Gasteiger partial charge in [0.15, 0.2) is 0 Å². The first kappa shape index (κ1) is 58.9. The van der Waals surface area contributed by atoms with Gasteiger partial charge in [0.2, 0.25) is 20.0 Å². The number of halogens is 6. The molecule has 0 spiro atoms. The molecule has 0 bridgehead atoms. The van der Waals surface area contributed by atoms with Gasteiger partial charge in [0.05, 0.1) is 79.5 Å². The van der Waals surface area contributed by atoms with E-state index in [-0.39, 0.29) is 69.5 Å². The second-order valence-corrected chi connectivity index (χ2v) is 27.8. The Morgan fingerprint density at radius 2 is 0.966 bits per heavy atom. The van der Waals surface area contributed by atoms with Crippen molar-refractivity contribution in [3.8, 4) is 11.4 Å². The summed E-state index contributed by atoms with van der Waals surface area (Å²) in [5.41, 5.74) is 6.09. The van der Waals surface area contributed by atoms with Crippen LogP contribution in [0, 0.1) is 11.8 Å². The van der Waals surface area contributed by atoms with E-state index in [1.165, 1.54) is 33.1 Å². The number of fused-ring (bicyclic) bond motifs is 4. The molecule has 20 nitrogen and oxygen atoms in total. The lowest BCUT2D eigenvalue weighted by Gasteiger charge is -2.29. The third-order valence-electron chi connectivity index (χ3n) is 18.0. The van der Waals surface area contributed by atoms with Gasteiger partial charge < -0.3 is 10.2 Å². The Bertz CT molecular complexity index is 4110. The van der Waals surface area contributed by atoms with Crippen LogP contribution in [0.25, 0.3) is 11.4 Å². The molecule has 2 N–H and O–H groups in total. The fourth-order valence-corrected chi connectivity index (χ4v) is 17.9. The molecular formula is C60H58F6N12O8S2. The summed E-state index contributed by atoms with van der Waals surface area (Å²) in [7, 11) is -5.01. The third kappa shape index (κ3) is 10.3. The van der Waals surface area contributed by atoms with Crippen molar-refractivity contribution >= 4 is 32.0 Å². The van der Waals surface area contributed by atoms with Crippen molar-refractivity contribution in [2.75, 3.05) is 13.1 Å². The van der Waals surface area contributed by atoms with E-state index >= 15 is 0 Å². The average Bonchev–Trinajstić information content (AvgIpc) is 1.68. The molecule has 88 heavy (non-hydrogen) atoms. The summed E-state index contributed by atoms with van der Waals surface area (Å²) >= 11 is 0. The van der Waals surface area contributed by atoms with E-state index in [9.17, 15) is 63.0 Å². The molecule has 2 aliphatic heterocycles. The number of alkyl halides is 6. The summed E-state index contributed by atoms with van der Waals surface area (Å²) in [6.45, 7) is 4.11. The Morgan fingerprint density at radius 3 is 1.32 bits per heavy atom. The van der Waals surface area contributed by atoms with Crippen LogP contribution in [0.15, 0.2) is 107 Å². The summed E-state index contributed by atoms with van der Waals surface area (Å²) in [6, 6.07) is 15.7. The third-order valence-corrected chi connectivity index (χ3v) is 21.9. The van der Waals surface area contributed by atoms with Gasteiger partial charge in [0.25, 0.3) is 0 Å². The monoisotopic (exact) mass is 1250 g/mol. The Balaban J connectivity index is 0.000000162. The van der Waals surface area contributed by atoms with Crippen LogP contribution in [-0.4, -0.2) is 110 Å². The first-order valence-corrected chi connectivity index (χ1v) is 31.6. The molecular weight excluding hydrogens is 1190 g/mol. The highest BCUT2D eigenvalue weighted by Gasteiger charge is 2.50. The smallest absolute Gasteiger partial charge is 0.416 e. The van der Waals surface area contributed by atoms with Crippen molar-refractivity contribution in [2.24, 2.45) is 25.9 Å². The maximum Gasteiger partial charge on any atom is 0.416 e. The van der Waals surface area contributed by atoms with Gasteiger partial charge in [-0.2, -0.15) is 45.2 Å². The number of rotatable bonds is 10. The molecule has 0 saturated heterocycles. The molecule has 2 fully saturated rings. The lowest BCUT2D eigenvalue weighted by molar-refractivity contribution is -0.138. The van der Waals surface area contributed by atoms with Crippen LogP contribution in [0.5, 0.6) is 0 Å². The number of benzene rings is 4. The van der Waals surface area contributed by atoms with Crippen LogP contribution in [0.4, 0.5) is 26.3 Å². The molecule has 2 saturated carbocycles. The predicted molar refractivity (Wildman–Crippen MR) is 302 cm³/mol. The zero-order valence-corrected chi connectivity index (χ0v) is 49.4. The Morgan fingerprint density at radius 1 is 0.568 bits per heavy atom. The number of nitrogens with zero attached hydrogens (tertiary/aromatic N) is 12. The SMILES string of the molecule is C[C@H]1Cc2ccc(C(F)(F)F)cc2S(=O)(=O)N([C@@H]2CCc3c2cccc3-n2ncc(C(=O)O)c2[C@@H]2C[C@H]2c2cn(C)nn2)C1.C[C@H]1Cc2ccc(C(F)(F)F)cc2S(=O)(=O)N([C@H]2CCc3c2cccc3-n2ncc(C(=O)O)c2[C@@H]2C[C@H]2c2cn(C)nn2)C1. The van der Waals surface area contributed by atoms with Crippen molar-refractivity contribution in [2.45, 2.75) is 123 Å². The summed E-state index contributed by atoms with van der Waals surface area (Å²) in [6.07, 6.45) is 0.855. The summed E-state index contributed by atoms with van der Waals surface area (Å²) in [4.78, 5) is 23.9. The Hall–Kier alpha value is -8.08. The van der Waals surface area contributed by atoms with Crippen LogP contribution in [0.1, 0.15) is 163 Å². The molecule has 0 radical (unpaired) electrons. The minimum atomic E-state index is -4.67. The van der Waals surface area contributed by atoms with Gasteiger partial charge in [0, 0.05) is 63.3 Å². The highest BCUT2D eigenvalue weighted by atomic mass is 32.2. The quantitative estimate of drug-likeness (QED) is 0.121. The van der Waals surface area contributed by atoms with Gasteiger partial charge in [-0.1, -0.05) is 60.7 Å². The van der Waals surface area contributed by atoms with Crippen LogP contribution in [-0.2, 0) is 72.2 Å². The molecule has 460 valence electrons. The van der Waals surface area contributed by atoms with E-state index in [0.29, 0.717) is 85.3 Å². The van der Waals surface area contributed by atoms with Crippen LogP contribution in [0.2, 0.25) is 0 Å². The molecule has 0 unspecified atom stereocenters. The van der Waals surface area contributed by atoms with Crippen molar-refractivity contribution < 1.29 is 63.0 Å². The van der Waals surface area contributed by atoms with Crippen molar-refractivity contribution in [1.82, 2.24) is 58.2 Å². The molecule has 8 atom stereocenters. The zero-order chi connectivity index (χ0) is 62.3. The summed E-state index contributed by atoms with van der Waals surface area (Å²) in [5, 5.41) is 45.4. The fraction of sp³-hybridized carbons (Fsp3) is 0.400. The number of aromatic carboxylic acids is 2. The number of hydrogen-bond acceptors (Lipinski definition) is 12. The molecule has 4 aromatic carbocycles. The maximum absolute atomic E-state index is 14.1. The van der Waals surface area contributed by atoms with Gasteiger partial charge in [-0.25, -0.2) is 35.8 Å². The first-order chi connectivity index (χ1) is 41.7. The number of hydrogen-bond donors (Lipinski definition) is 2. The van der Waals surface area contributed by atoms with Gasteiger partial charge in [-0.3, -0.25) is 9.36 Å².